The third-order valence-corrected chi connectivity index (χ3v) is 3.84. The Bertz CT molecular complexity index is 697. The molecule has 0 aliphatic heterocycles. The van der Waals surface area contributed by atoms with Crippen LogP contribution in [0.15, 0.2) is 30.3 Å². The molecule has 2 rings (SSSR count). The van der Waals surface area contributed by atoms with Crippen molar-refractivity contribution in [1.82, 2.24) is 4.98 Å². The standard InChI is InChI=1S/C16H14BrF2NO2/c1-16(2,22)11-7-13(12(17)8-21)20-15(14(11)19)9-3-5-10(18)6-4-9/h3-8,12,22H,1-2H3. The van der Waals surface area contributed by atoms with E-state index < -0.39 is 22.1 Å². The quantitative estimate of drug-likeness (QED) is 0.656. The van der Waals surface area contributed by atoms with Crippen LogP contribution in [0, 0.1) is 11.6 Å². The zero-order valence-electron chi connectivity index (χ0n) is 12.0. The van der Waals surface area contributed by atoms with Crippen molar-refractivity contribution in [2.75, 3.05) is 0 Å². The van der Waals surface area contributed by atoms with Gasteiger partial charge in [0.25, 0.3) is 0 Å². The van der Waals surface area contributed by atoms with Gasteiger partial charge in [-0.1, -0.05) is 15.9 Å². The molecule has 0 saturated heterocycles. The highest BCUT2D eigenvalue weighted by Gasteiger charge is 2.26. The number of hydrogen-bond donors (Lipinski definition) is 1. The fourth-order valence-corrected chi connectivity index (χ4v) is 2.24. The molecule has 2 aromatic rings. The van der Waals surface area contributed by atoms with E-state index >= 15 is 0 Å². The summed E-state index contributed by atoms with van der Waals surface area (Å²) in [6.45, 7) is 2.88. The van der Waals surface area contributed by atoms with Crippen molar-refractivity contribution in [2.24, 2.45) is 0 Å². The average Bonchev–Trinajstić information content (AvgIpc) is 2.46. The molecule has 1 atom stereocenters. The van der Waals surface area contributed by atoms with Crippen LogP contribution < -0.4 is 0 Å². The fourth-order valence-electron chi connectivity index (χ4n) is 2.00. The number of aliphatic hydroxyl groups is 1. The first-order valence-electron chi connectivity index (χ1n) is 6.52. The summed E-state index contributed by atoms with van der Waals surface area (Å²) in [7, 11) is 0. The lowest BCUT2D eigenvalue weighted by Crippen LogP contribution is -2.19. The largest absolute Gasteiger partial charge is 0.386 e. The van der Waals surface area contributed by atoms with Crippen LogP contribution >= 0.6 is 15.9 Å². The van der Waals surface area contributed by atoms with Gasteiger partial charge in [0, 0.05) is 11.1 Å². The summed E-state index contributed by atoms with van der Waals surface area (Å²) < 4.78 is 27.7. The molecule has 1 aromatic heterocycles. The van der Waals surface area contributed by atoms with Crippen LogP contribution in [0.1, 0.15) is 29.9 Å². The molecule has 0 aliphatic rings. The Morgan fingerprint density at radius 2 is 1.86 bits per heavy atom. The van der Waals surface area contributed by atoms with Crippen molar-refractivity contribution >= 4 is 22.2 Å². The summed E-state index contributed by atoms with van der Waals surface area (Å²) in [6.07, 6.45) is 0.614. The monoisotopic (exact) mass is 369 g/mol. The maximum atomic E-state index is 14.7. The van der Waals surface area contributed by atoms with E-state index in [1.54, 1.807) is 0 Å². The van der Waals surface area contributed by atoms with Crippen molar-refractivity contribution in [2.45, 2.75) is 24.3 Å². The van der Waals surface area contributed by atoms with Crippen LogP contribution in [-0.4, -0.2) is 16.4 Å². The van der Waals surface area contributed by atoms with E-state index in [1.807, 2.05) is 0 Å². The second-order valence-electron chi connectivity index (χ2n) is 5.36. The molecule has 0 spiro atoms. The molecule has 3 nitrogen and oxygen atoms in total. The van der Waals surface area contributed by atoms with E-state index in [0.29, 0.717) is 11.8 Å². The predicted octanol–water partition coefficient (Wildman–Crippen LogP) is 3.89. The minimum Gasteiger partial charge on any atom is -0.386 e. The number of carbonyl (C=O) groups is 1. The highest BCUT2D eigenvalue weighted by atomic mass is 79.9. The molecule has 0 amide bonds. The Hall–Kier alpha value is -1.66. The maximum Gasteiger partial charge on any atom is 0.155 e. The van der Waals surface area contributed by atoms with Crippen molar-refractivity contribution in [3.63, 3.8) is 0 Å². The lowest BCUT2D eigenvalue weighted by Gasteiger charge is -2.21. The summed E-state index contributed by atoms with van der Waals surface area (Å²) in [5, 5.41) is 10.1. The molecule has 0 aliphatic carbocycles. The normalized spacial score (nSPS) is 13.0. The van der Waals surface area contributed by atoms with Crippen LogP contribution in [-0.2, 0) is 10.4 Å². The summed E-state index contributed by atoms with van der Waals surface area (Å²) in [5.41, 5.74) is -0.847. The zero-order chi connectivity index (χ0) is 16.5. The molecule has 1 N–H and O–H groups in total. The molecule has 0 fully saturated rings. The van der Waals surface area contributed by atoms with E-state index in [-0.39, 0.29) is 17.0 Å². The Morgan fingerprint density at radius 3 is 2.36 bits per heavy atom. The Kier molecular flexibility index (Phi) is 4.72. The number of hydrogen-bond acceptors (Lipinski definition) is 3. The molecule has 1 heterocycles. The SMILES string of the molecule is CC(C)(O)c1cc(C(Br)C=O)nc(-c2ccc(F)cc2)c1F. The van der Waals surface area contributed by atoms with Gasteiger partial charge in [-0.25, -0.2) is 13.8 Å². The first-order chi connectivity index (χ1) is 10.2. The summed E-state index contributed by atoms with van der Waals surface area (Å²) in [4.78, 5) is 14.4. The van der Waals surface area contributed by atoms with Gasteiger partial charge in [-0.2, -0.15) is 0 Å². The molecule has 22 heavy (non-hydrogen) atoms. The van der Waals surface area contributed by atoms with E-state index in [9.17, 15) is 18.7 Å². The molecule has 1 unspecified atom stereocenters. The summed E-state index contributed by atoms with van der Waals surface area (Å²) >= 11 is 3.13. The summed E-state index contributed by atoms with van der Waals surface area (Å²) in [6, 6.07) is 6.51. The highest BCUT2D eigenvalue weighted by molar-refractivity contribution is 9.09. The molecular formula is C16H14BrF2NO2. The fraction of sp³-hybridized carbons (Fsp3) is 0.250. The number of benzene rings is 1. The second-order valence-corrected chi connectivity index (χ2v) is 6.35. The number of aromatic nitrogens is 1. The van der Waals surface area contributed by atoms with Gasteiger partial charge in [0.1, 0.15) is 22.6 Å². The van der Waals surface area contributed by atoms with Crippen LogP contribution in [0.2, 0.25) is 0 Å². The minimum atomic E-state index is -1.45. The lowest BCUT2D eigenvalue weighted by molar-refractivity contribution is -0.107. The number of nitrogens with zero attached hydrogens (tertiary/aromatic N) is 1. The molecule has 0 bridgehead atoms. The first-order valence-corrected chi connectivity index (χ1v) is 7.44. The summed E-state index contributed by atoms with van der Waals surface area (Å²) in [5.74, 6) is -1.15. The molecule has 0 radical (unpaired) electrons. The van der Waals surface area contributed by atoms with Crippen LogP contribution in [0.5, 0.6) is 0 Å². The molecule has 6 heteroatoms. The van der Waals surface area contributed by atoms with Gasteiger partial charge in [0.2, 0.25) is 0 Å². The van der Waals surface area contributed by atoms with Crippen molar-refractivity contribution in [1.29, 1.82) is 0 Å². The van der Waals surface area contributed by atoms with Crippen molar-refractivity contribution in [3.8, 4) is 11.3 Å². The van der Waals surface area contributed by atoms with Gasteiger partial charge in [-0.05, 0) is 44.2 Å². The van der Waals surface area contributed by atoms with E-state index in [1.165, 1.54) is 44.2 Å². The zero-order valence-corrected chi connectivity index (χ0v) is 13.6. The van der Waals surface area contributed by atoms with E-state index in [4.69, 9.17) is 0 Å². The third-order valence-electron chi connectivity index (χ3n) is 3.16. The van der Waals surface area contributed by atoms with E-state index in [0.717, 1.165) is 0 Å². The maximum absolute atomic E-state index is 14.7. The van der Waals surface area contributed by atoms with Crippen LogP contribution in [0.4, 0.5) is 8.78 Å². The Balaban J connectivity index is 2.71. The number of pyridine rings is 1. The lowest BCUT2D eigenvalue weighted by atomic mass is 9.95. The average molecular weight is 370 g/mol. The minimum absolute atomic E-state index is 0.0168. The first kappa shape index (κ1) is 16.7. The van der Waals surface area contributed by atoms with Crippen LogP contribution in [0.25, 0.3) is 11.3 Å². The molecule has 0 saturated carbocycles. The van der Waals surface area contributed by atoms with Gasteiger partial charge in [-0.3, -0.25) is 0 Å². The molecule has 1 aromatic carbocycles. The van der Waals surface area contributed by atoms with Crippen molar-refractivity contribution in [3.05, 3.63) is 53.2 Å². The number of carbonyl (C=O) groups excluding carboxylic acids is 1. The van der Waals surface area contributed by atoms with Crippen molar-refractivity contribution < 1.29 is 18.7 Å². The molecular weight excluding hydrogens is 356 g/mol. The van der Waals surface area contributed by atoms with Gasteiger partial charge in [-0.15, -0.1) is 0 Å². The Morgan fingerprint density at radius 1 is 1.27 bits per heavy atom. The van der Waals surface area contributed by atoms with Gasteiger partial charge in [0.15, 0.2) is 5.82 Å². The van der Waals surface area contributed by atoms with Gasteiger partial charge in [0.05, 0.1) is 11.3 Å². The number of alkyl halides is 1. The smallest absolute Gasteiger partial charge is 0.155 e. The van der Waals surface area contributed by atoms with Gasteiger partial charge >= 0.3 is 0 Å². The number of rotatable bonds is 4. The number of halogens is 3. The topological polar surface area (TPSA) is 50.2 Å². The second kappa shape index (κ2) is 6.22. The van der Waals surface area contributed by atoms with E-state index in [2.05, 4.69) is 20.9 Å². The van der Waals surface area contributed by atoms with Gasteiger partial charge < -0.3 is 9.90 Å². The predicted molar refractivity (Wildman–Crippen MR) is 82.6 cm³/mol. The van der Waals surface area contributed by atoms with Crippen LogP contribution in [0.3, 0.4) is 0 Å². The highest BCUT2D eigenvalue weighted by Crippen LogP contribution is 2.33. The molecule has 116 valence electrons. The Labute approximate surface area is 135 Å². The number of aldehydes is 1. The third kappa shape index (κ3) is 3.39.